The molecular weight excluding hydrogens is 312 g/mol. The molecule has 2 aliphatic rings. The van der Waals surface area contributed by atoms with E-state index in [1.54, 1.807) is 6.08 Å². The fourth-order valence-electron chi connectivity index (χ4n) is 2.92. The van der Waals surface area contributed by atoms with E-state index in [-0.39, 0.29) is 6.61 Å². The topological polar surface area (TPSA) is 77.4 Å². The minimum atomic E-state index is -1.16. The summed E-state index contributed by atoms with van der Waals surface area (Å²) in [4.78, 5) is 0. The van der Waals surface area contributed by atoms with Crippen molar-refractivity contribution in [3.63, 3.8) is 0 Å². The van der Waals surface area contributed by atoms with Crippen LogP contribution in [0.3, 0.4) is 0 Å². The molecule has 0 aliphatic carbocycles. The average molecular weight is 336 g/mol. The molecule has 3 rings (SSSR count). The monoisotopic (exact) mass is 336 g/mol. The number of ether oxygens (including phenoxy) is 4. The van der Waals surface area contributed by atoms with Crippen molar-refractivity contribution in [1.29, 1.82) is 0 Å². The number of unbranched alkanes of at least 4 members (excludes halogenated alkanes) is 1. The van der Waals surface area contributed by atoms with E-state index in [4.69, 9.17) is 18.9 Å². The maximum Gasteiger partial charge on any atom is 0.186 e. The molecule has 0 radical (unpaired) electrons. The molecule has 0 amide bonds. The van der Waals surface area contributed by atoms with E-state index in [1.165, 1.54) is 0 Å². The average Bonchev–Trinajstić information content (AvgIpc) is 2.63. The molecule has 24 heavy (non-hydrogen) atoms. The van der Waals surface area contributed by atoms with Gasteiger partial charge in [0.15, 0.2) is 12.6 Å². The molecular formula is C18H24O6. The first kappa shape index (κ1) is 17.5. The molecule has 1 unspecified atom stereocenters. The number of aliphatic hydroxyl groups excluding tert-OH is 2. The van der Waals surface area contributed by atoms with Gasteiger partial charge >= 0.3 is 0 Å². The van der Waals surface area contributed by atoms with Gasteiger partial charge in [-0.25, -0.2) is 0 Å². The Morgan fingerprint density at radius 1 is 1.17 bits per heavy atom. The van der Waals surface area contributed by atoms with Crippen LogP contribution in [0.5, 0.6) is 0 Å². The lowest BCUT2D eigenvalue weighted by Crippen LogP contribution is -2.62. The third kappa shape index (κ3) is 3.85. The smallest absolute Gasteiger partial charge is 0.186 e. The van der Waals surface area contributed by atoms with E-state index in [2.05, 4.69) is 6.58 Å². The van der Waals surface area contributed by atoms with Crippen LogP contribution in [-0.4, -0.2) is 54.1 Å². The molecule has 2 N–H and O–H groups in total. The Morgan fingerprint density at radius 3 is 2.71 bits per heavy atom. The molecule has 2 saturated heterocycles. The van der Waals surface area contributed by atoms with E-state index in [1.807, 2.05) is 30.3 Å². The molecule has 6 heteroatoms. The Morgan fingerprint density at radius 2 is 1.96 bits per heavy atom. The summed E-state index contributed by atoms with van der Waals surface area (Å²) in [6, 6.07) is 9.48. The van der Waals surface area contributed by atoms with Crippen molar-refractivity contribution in [1.82, 2.24) is 0 Å². The third-order valence-corrected chi connectivity index (χ3v) is 4.24. The summed E-state index contributed by atoms with van der Waals surface area (Å²) < 4.78 is 22.8. The van der Waals surface area contributed by atoms with E-state index >= 15 is 0 Å². The number of hydrogen-bond acceptors (Lipinski definition) is 6. The SMILES string of the molecule is C=CCCCO[C@@H]1O[C@@H]2COC(c3ccccc3)O[C@H]2[C@H](O)[C@H]1O. The second-order valence-corrected chi connectivity index (χ2v) is 6.00. The van der Waals surface area contributed by atoms with Gasteiger partial charge in [-0.3, -0.25) is 0 Å². The Bertz CT molecular complexity index is 520. The molecule has 2 aliphatic heterocycles. The van der Waals surface area contributed by atoms with E-state index in [0.29, 0.717) is 6.61 Å². The van der Waals surface area contributed by atoms with Crippen molar-refractivity contribution in [3.8, 4) is 0 Å². The highest BCUT2D eigenvalue weighted by Crippen LogP contribution is 2.34. The molecule has 2 fully saturated rings. The van der Waals surface area contributed by atoms with Gasteiger partial charge in [0.2, 0.25) is 0 Å². The molecule has 0 bridgehead atoms. The van der Waals surface area contributed by atoms with Gasteiger partial charge in [0.1, 0.15) is 24.4 Å². The lowest BCUT2D eigenvalue weighted by molar-refractivity contribution is -0.361. The second kappa shape index (κ2) is 8.20. The fraction of sp³-hybridized carbons (Fsp3) is 0.556. The summed E-state index contributed by atoms with van der Waals surface area (Å²) in [7, 11) is 0. The summed E-state index contributed by atoms with van der Waals surface area (Å²) in [5.74, 6) is 0. The van der Waals surface area contributed by atoms with Crippen LogP contribution in [-0.2, 0) is 18.9 Å². The fourth-order valence-corrected chi connectivity index (χ4v) is 2.92. The minimum Gasteiger partial charge on any atom is -0.387 e. The summed E-state index contributed by atoms with van der Waals surface area (Å²) in [6.45, 7) is 4.34. The van der Waals surface area contributed by atoms with Crippen molar-refractivity contribution in [2.75, 3.05) is 13.2 Å². The predicted octanol–water partition coefficient (Wildman–Crippen LogP) is 1.53. The zero-order valence-corrected chi connectivity index (χ0v) is 13.5. The molecule has 132 valence electrons. The first-order valence-electron chi connectivity index (χ1n) is 8.27. The quantitative estimate of drug-likeness (QED) is 0.606. The minimum absolute atomic E-state index is 0.264. The highest BCUT2D eigenvalue weighted by Gasteiger charge is 2.49. The Hall–Kier alpha value is -1.28. The van der Waals surface area contributed by atoms with Crippen molar-refractivity contribution in [2.45, 2.75) is 49.8 Å². The van der Waals surface area contributed by atoms with Crippen molar-refractivity contribution in [2.24, 2.45) is 0 Å². The molecule has 0 saturated carbocycles. The lowest BCUT2D eigenvalue weighted by Gasteiger charge is -2.46. The number of hydrogen-bond donors (Lipinski definition) is 2. The van der Waals surface area contributed by atoms with E-state index in [0.717, 1.165) is 18.4 Å². The summed E-state index contributed by atoms with van der Waals surface area (Å²) in [5.41, 5.74) is 0.862. The highest BCUT2D eigenvalue weighted by molar-refractivity contribution is 5.16. The summed E-state index contributed by atoms with van der Waals surface area (Å²) in [5, 5.41) is 20.7. The molecule has 2 heterocycles. The molecule has 0 spiro atoms. The van der Waals surface area contributed by atoms with Crippen LogP contribution in [0.4, 0.5) is 0 Å². The number of benzene rings is 1. The van der Waals surface area contributed by atoms with Crippen LogP contribution < -0.4 is 0 Å². The zero-order valence-electron chi connectivity index (χ0n) is 13.5. The van der Waals surface area contributed by atoms with Gasteiger partial charge in [0.05, 0.1) is 13.2 Å². The molecule has 1 aromatic carbocycles. The summed E-state index contributed by atoms with van der Waals surface area (Å²) >= 11 is 0. The van der Waals surface area contributed by atoms with Crippen LogP contribution in [0.2, 0.25) is 0 Å². The molecule has 1 aromatic rings. The van der Waals surface area contributed by atoms with Crippen LogP contribution in [0.1, 0.15) is 24.7 Å². The van der Waals surface area contributed by atoms with Crippen LogP contribution >= 0.6 is 0 Å². The van der Waals surface area contributed by atoms with Crippen molar-refractivity contribution >= 4 is 0 Å². The van der Waals surface area contributed by atoms with Crippen molar-refractivity contribution in [3.05, 3.63) is 48.6 Å². The standard InChI is InChI=1S/C18H24O6/c1-2-3-7-10-21-18-15(20)14(19)16-13(23-18)11-22-17(24-16)12-8-5-4-6-9-12/h2,4-6,8-9,13-20H,1,3,7,10-11H2/t13-,14-,15-,16-,17?,18-/m1/s1. The van der Waals surface area contributed by atoms with E-state index < -0.39 is 37.0 Å². The first-order valence-corrected chi connectivity index (χ1v) is 8.27. The summed E-state index contributed by atoms with van der Waals surface area (Å²) in [6.07, 6.45) is -1.45. The number of rotatable bonds is 6. The predicted molar refractivity (Wildman–Crippen MR) is 86.1 cm³/mol. The molecule has 6 atom stereocenters. The van der Waals surface area contributed by atoms with Gasteiger partial charge < -0.3 is 29.2 Å². The van der Waals surface area contributed by atoms with Gasteiger partial charge in [0, 0.05) is 5.56 Å². The molecule has 6 nitrogen and oxygen atoms in total. The normalized spacial score (nSPS) is 36.1. The maximum absolute atomic E-state index is 10.4. The van der Waals surface area contributed by atoms with E-state index in [9.17, 15) is 10.2 Å². The van der Waals surface area contributed by atoms with Gasteiger partial charge in [-0.15, -0.1) is 6.58 Å². The van der Waals surface area contributed by atoms with Crippen LogP contribution in [0, 0.1) is 0 Å². The van der Waals surface area contributed by atoms with Crippen molar-refractivity contribution < 1.29 is 29.2 Å². The number of allylic oxidation sites excluding steroid dienone is 1. The van der Waals surface area contributed by atoms with Gasteiger partial charge in [0.25, 0.3) is 0 Å². The highest BCUT2D eigenvalue weighted by atomic mass is 16.8. The Balaban J connectivity index is 1.60. The largest absolute Gasteiger partial charge is 0.387 e. The molecule has 0 aromatic heterocycles. The van der Waals surface area contributed by atoms with Gasteiger partial charge in [-0.1, -0.05) is 36.4 Å². The van der Waals surface area contributed by atoms with Crippen LogP contribution in [0.25, 0.3) is 0 Å². The number of aliphatic hydroxyl groups is 2. The lowest BCUT2D eigenvalue weighted by atomic mass is 9.98. The third-order valence-electron chi connectivity index (χ3n) is 4.24. The van der Waals surface area contributed by atoms with Gasteiger partial charge in [-0.2, -0.15) is 0 Å². The Kier molecular flexibility index (Phi) is 5.99. The Labute approximate surface area is 141 Å². The maximum atomic E-state index is 10.4. The zero-order chi connectivity index (χ0) is 16.9. The van der Waals surface area contributed by atoms with Crippen LogP contribution in [0.15, 0.2) is 43.0 Å². The van der Waals surface area contributed by atoms with Gasteiger partial charge in [-0.05, 0) is 12.8 Å². The number of fused-ring (bicyclic) bond motifs is 1. The first-order chi connectivity index (χ1) is 11.7. The second-order valence-electron chi connectivity index (χ2n) is 6.00.